The molecule has 2 aromatic rings. The molecule has 0 unspecified atom stereocenters. The fourth-order valence-corrected chi connectivity index (χ4v) is 2.83. The Labute approximate surface area is 154 Å². The van der Waals surface area contributed by atoms with E-state index in [1.54, 1.807) is 13.2 Å². The number of carbonyl (C=O) groups excluding carboxylic acids is 1. The van der Waals surface area contributed by atoms with Crippen LogP contribution in [0, 0.1) is 13.8 Å². The summed E-state index contributed by atoms with van der Waals surface area (Å²) in [6, 6.07) is 11.9. The Kier molecular flexibility index (Phi) is 6.71. The molecule has 5 heteroatoms. The predicted octanol–water partition coefficient (Wildman–Crippen LogP) is 4.82. The molecule has 2 aromatic carbocycles. The molecule has 0 aliphatic rings. The van der Waals surface area contributed by atoms with Crippen molar-refractivity contribution in [3.05, 3.63) is 52.5 Å². The summed E-state index contributed by atoms with van der Waals surface area (Å²) in [4.78, 5) is 14.6. The SMILES string of the molecule is CCN(CCC(=O)Nc1cc(C)c(Cl)cc1OC)c1cccc(C)c1. The van der Waals surface area contributed by atoms with Gasteiger partial charge in [0, 0.05) is 36.3 Å². The number of rotatable bonds is 7. The van der Waals surface area contributed by atoms with E-state index in [4.69, 9.17) is 16.3 Å². The Bertz CT molecular complexity index is 746. The van der Waals surface area contributed by atoms with Crippen molar-refractivity contribution >= 4 is 28.9 Å². The van der Waals surface area contributed by atoms with Crippen LogP contribution in [-0.2, 0) is 4.79 Å². The zero-order chi connectivity index (χ0) is 18.4. The topological polar surface area (TPSA) is 41.6 Å². The largest absolute Gasteiger partial charge is 0.495 e. The number of halogens is 1. The molecule has 2 rings (SSSR count). The maximum atomic E-state index is 12.4. The van der Waals surface area contributed by atoms with Gasteiger partial charge < -0.3 is 15.0 Å². The van der Waals surface area contributed by atoms with Crippen LogP contribution in [0.5, 0.6) is 5.75 Å². The Balaban J connectivity index is 2.01. The molecular formula is C20H25ClN2O2. The predicted molar refractivity (Wildman–Crippen MR) is 105 cm³/mol. The summed E-state index contributed by atoms with van der Waals surface area (Å²) < 4.78 is 5.30. The van der Waals surface area contributed by atoms with Gasteiger partial charge >= 0.3 is 0 Å². The van der Waals surface area contributed by atoms with Crippen molar-refractivity contribution in [3.8, 4) is 5.75 Å². The Morgan fingerprint density at radius 1 is 1.24 bits per heavy atom. The lowest BCUT2D eigenvalue weighted by atomic mass is 10.2. The molecule has 4 nitrogen and oxygen atoms in total. The molecule has 134 valence electrons. The van der Waals surface area contributed by atoms with Crippen molar-refractivity contribution < 1.29 is 9.53 Å². The van der Waals surface area contributed by atoms with Gasteiger partial charge in [-0.3, -0.25) is 4.79 Å². The van der Waals surface area contributed by atoms with Crippen LogP contribution in [0.15, 0.2) is 36.4 Å². The van der Waals surface area contributed by atoms with Crippen LogP contribution in [0.25, 0.3) is 0 Å². The first-order chi connectivity index (χ1) is 11.9. The summed E-state index contributed by atoms with van der Waals surface area (Å²) in [5.74, 6) is 0.515. The number of carbonyl (C=O) groups is 1. The molecule has 1 amide bonds. The maximum Gasteiger partial charge on any atom is 0.226 e. The third-order valence-electron chi connectivity index (χ3n) is 4.11. The Morgan fingerprint density at radius 2 is 2.00 bits per heavy atom. The lowest BCUT2D eigenvalue weighted by molar-refractivity contribution is -0.116. The quantitative estimate of drug-likeness (QED) is 0.769. The number of methoxy groups -OCH3 is 1. The Morgan fingerprint density at radius 3 is 2.64 bits per heavy atom. The van der Waals surface area contributed by atoms with Gasteiger partial charge in [0.25, 0.3) is 0 Å². The van der Waals surface area contributed by atoms with E-state index in [-0.39, 0.29) is 5.91 Å². The van der Waals surface area contributed by atoms with Crippen LogP contribution in [0.4, 0.5) is 11.4 Å². The number of benzene rings is 2. The molecular weight excluding hydrogens is 336 g/mol. The van der Waals surface area contributed by atoms with Gasteiger partial charge in [0.2, 0.25) is 5.91 Å². The molecule has 0 spiro atoms. The number of nitrogens with one attached hydrogen (secondary N) is 1. The maximum absolute atomic E-state index is 12.4. The molecule has 0 fully saturated rings. The summed E-state index contributed by atoms with van der Waals surface area (Å²) in [7, 11) is 1.56. The minimum absolute atomic E-state index is 0.0499. The van der Waals surface area contributed by atoms with Crippen molar-refractivity contribution in [1.29, 1.82) is 0 Å². The second-order valence-electron chi connectivity index (χ2n) is 6.02. The van der Waals surface area contributed by atoms with E-state index < -0.39 is 0 Å². The molecule has 0 radical (unpaired) electrons. The van der Waals surface area contributed by atoms with Crippen molar-refractivity contribution in [2.45, 2.75) is 27.2 Å². The molecule has 0 aromatic heterocycles. The molecule has 0 atom stereocenters. The molecule has 1 N–H and O–H groups in total. The highest BCUT2D eigenvalue weighted by atomic mass is 35.5. The number of amides is 1. The van der Waals surface area contributed by atoms with Crippen LogP contribution in [0.2, 0.25) is 5.02 Å². The van der Waals surface area contributed by atoms with Crippen molar-refractivity contribution in [1.82, 2.24) is 0 Å². The van der Waals surface area contributed by atoms with E-state index in [2.05, 4.69) is 42.3 Å². The molecule has 0 saturated carbocycles. The van der Waals surface area contributed by atoms with Crippen molar-refractivity contribution in [3.63, 3.8) is 0 Å². The summed E-state index contributed by atoms with van der Waals surface area (Å²) in [5, 5.41) is 3.54. The van der Waals surface area contributed by atoms with Gasteiger partial charge in [-0.05, 0) is 50.1 Å². The van der Waals surface area contributed by atoms with E-state index in [1.165, 1.54) is 5.56 Å². The van der Waals surface area contributed by atoms with Crippen LogP contribution in [-0.4, -0.2) is 26.1 Å². The smallest absolute Gasteiger partial charge is 0.226 e. The second-order valence-corrected chi connectivity index (χ2v) is 6.43. The van der Waals surface area contributed by atoms with Crippen molar-refractivity contribution in [2.75, 3.05) is 30.4 Å². The third-order valence-corrected chi connectivity index (χ3v) is 4.52. The lowest BCUT2D eigenvalue weighted by Crippen LogP contribution is -2.27. The van der Waals surface area contributed by atoms with Gasteiger partial charge in [-0.25, -0.2) is 0 Å². The molecule has 0 aliphatic carbocycles. The monoisotopic (exact) mass is 360 g/mol. The van der Waals surface area contributed by atoms with Gasteiger partial charge in [-0.1, -0.05) is 23.7 Å². The van der Waals surface area contributed by atoms with E-state index in [0.717, 1.165) is 17.8 Å². The van der Waals surface area contributed by atoms with Gasteiger partial charge in [0.05, 0.1) is 12.8 Å². The summed E-state index contributed by atoms with van der Waals surface area (Å²) >= 11 is 6.10. The highest BCUT2D eigenvalue weighted by Crippen LogP contribution is 2.31. The number of hydrogen-bond donors (Lipinski definition) is 1. The fourth-order valence-electron chi connectivity index (χ4n) is 2.67. The normalized spacial score (nSPS) is 10.4. The zero-order valence-corrected chi connectivity index (χ0v) is 16.0. The zero-order valence-electron chi connectivity index (χ0n) is 15.2. The fraction of sp³-hybridized carbons (Fsp3) is 0.350. The summed E-state index contributed by atoms with van der Waals surface area (Å²) in [6.45, 7) is 7.56. The van der Waals surface area contributed by atoms with E-state index >= 15 is 0 Å². The van der Waals surface area contributed by atoms with Crippen LogP contribution >= 0.6 is 11.6 Å². The first-order valence-electron chi connectivity index (χ1n) is 8.40. The van der Waals surface area contributed by atoms with Crippen LogP contribution < -0.4 is 15.0 Å². The number of ether oxygens (including phenoxy) is 1. The summed E-state index contributed by atoms with van der Waals surface area (Å²) in [6.07, 6.45) is 0.395. The van der Waals surface area contributed by atoms with Gasteiger partial charge in [0.15, 0.2) is 0 Å². The third kappa shape index (κ3) is 5.13. The highest BCUT2D eigenvalue weighted by molar-refractivity contribution is 6.31. The van der Waals surface area contributed by atoms with E-state index in [1.807, 2.05) is 19.1 Å². The van der Waals surface area contributed by atoms with Crippen LogP contribution in [0.3, 0.4) is 0 Å². The first kappa shape index (κ1) is 19.1. The minimum atomic E-state index is -0.0499. The van der Waals surface area contributed by atoms with Crippen LogP contribution in [0.1, 0.15) is 24.5 Å². The first-order valence-corrected chi connectivity index (χ1v) is 8.78. The van der Waals surface area contributed by atoms with Gasteiger partial charge in [-0.15, -0.1) is 0 Å². The van der Waals surface area contributed by atoms with Gasteiger partial charge in [0.1, 0.15) is 5.75 Å². The molecule has 0 bridgehead atoms. The van der Waals surface area contributed by atoms with E-state index in [0.29, 0.717) is 29.4 Å². The van der Waals surface area contributed by atoms with E-state index in [9.17, 15) is 4.79 Å². The second kappa shape index (κ2) is 8.77. The number of aryl methyl sites for hydroxylation is 2. The molecule has 0 saturated heterocycles. The minimum Gasteiger partial charge on any atom is -0.495 e. The molecule has 0 aliphatic heterocycles. The average Bonchev–Trinajstić information content (AvgIpc) is 2.58. The Hall–Kier alpha value is -2.20. The van der Waals surface area contributed by atoms with Gasteiger partial charge in [-0.2, -0.15) is 0 Å². The standard InChI is InChI=1S/C20H25ClN2O2/c1-5-23(16-8-6-7-14(2)11-16)10-9-20(24)22-18-12-15(3)17(21)13-19(18)25-4/h6-8,11-13H,5,9-10H2,1-4H3,(H,22,24). The molecule has 25 heavy (non-hydrogen) atoms. The summed E-state index contributed by atoms with van der Waals surface area (Å²) in [5.41, 5.74) is 3.89. The number of hydrogen-bond acceptors (Lipinski definition) is 3. The number of nitrogens with zero attached hydrogens (tertiary/aromatic N) is 1. The number of anilines is 2. The van der Waals surface area contributed by atoms with Crippen molar-refractivity contribution in [2.24, 2.45) is 0 Å². The lowest BCUT2D eigenvalue weighted by Gasteiger charge is -2.23. The average molecular weight is 361 g/mol. The highest BCUT2D eigenvalue weighted by Gasteiger charge is 2.12. The molecule has 0 heterocycles.